The lowest BCUT2D eigenvalue weighted by molar-refractivity contribution is 0.0604. The van der Waals surface area contributed by atoms with E-state index in [1.54, 1.807) is 19.3 Å². The van der Waals surface area contributed by atoms with Crippen LogP contribution in [0.3, 0.4) is 0 Å². The fourth-order valence-corrected chi connectivity index (χ4v) is 2.66. The smallest absolute Gasteiger partial charge is 0.319 e. The molecule has 0 bridgehead atoms. The topological polar surface area (TPSA) is 87.1 Å². The molecule has 1 unspecified atom stereocenters. The minimum Gasteiger partial charge on any atom is -0.384 e. The first-order valence-electron chi connectivity index (χ1n) is 7.31. The molecule has 7 heteroatoms. The number of hydrogen-bond acceptors (Lipinski definition) is 5. The highest BCUT2D eigenvalue weighted by molar-refractivity contribution is 7.08. The zero-order chi connectivity index (χ0) is 17.1. The highest BCUT2D eigenvalue weighted by Crippen LogP contribution is 2.22. The Bertz CT molecular complexity index is 646. The molecule has 0 radical (unpaired) electrons. The highest BCUT2D eigenvalue weighted by atomic mass is 32.1. The molecule has 0 aliphatic carbocycles. The number of thiophene rings is 1. The van der Waals surface area contributed by atoms with Gasteiger partial charge < -0.3 is 15.7 Å². The zero-order valence-corrected chi connectivity index (χ0v) is 14.6. The van der Waals surface area contributed by atoms with Gasteiger partial charge in [0.25, 0.3) is 0 Å². The molecular formula is C16H22N4O2S. The lowest BCUT2D eigenvalue weighted by Gasteiger charge is -2.23. The summed E-state index contributed by atoms with van der Waals surface area (Å²) in [7, 11) is 0. The van der Waals surface area contributed by atoms with Gasteiger partial charge in [-0.1, -0.05) is 20.8 Å². The molecule has 0 saturated heterocycles. The van der Waals surface area contributed by atoms with Crippen LogP contribution in [-0.2, 0) is 11.0 Å². The van der Waals surface area contributed by atoms with Crippen molar-refractivity contribution in [1.82, 2.24) is 15.3 Å². The number of anilines is 1. The van der Waals surface area contributed by atoms with E-state index in [1.807, 2.05) is 37.6 Å². The molecule has 0 aromatic carbocycles. The van der Waals surface area contributed by atoms with Gasteiger partial charge >= 0.3 is 6.03 Å². The Kier molecular flexibility index (Phi) is 5.01. The molecular weight excluding hydrogens is 312 g/mol. The van der Waals surface area contributed by atoms with Crippen LogP contribution < -0.4 is 10.6 Å². The lowest BCUT2D eigenvalue weighted by Crippen LogP contribution is -2.40. The van der Waals surface area contributed by atoms with Gasteiger partial charge in [0.2, 0.25) is 0 Å². The average Bonchev–Trinajstić information content (AvgIpc) is 3.00. The largest absolute Gasteiger partial charge is 0.384 e. The highest BCUT2D eigenvalue weighted by Gasteiger charge is 2.24. The predicted octanol–water partition coefficient (Wildman–Crippen LogP) is 2.86. The molecule has 2 heterocycles. The molecule has 6 nitrogen and oxygen atoms in total. The summed E-state index contributed by atoms with van der Waals surface area (Å²) in [4.78, 5) is 20.4. The molecule has 2 amide bonds. The maximum atomic E-state index is 11.9. The SMILES string of the molecule is CC(C)(C)c1ncc(NC(=O)NCC(C)(O)c2ccsc2)cn1. The summed E-state index contributed by atoms with van der Waals surface area (Å²) >= 11 is 1.50. The average molecular weight is 334 g/mol. The molecule has 2 aromatic rings. The van der Waals surface area contributed by atoms with Crippen LogP contribution in [0.15, 0.2) is 29.2 Å². The zero-order valence-electron chi connectivity index (χ0n) is 13.8. The second-order valence-corrected chi connectivity index (χ2v) is 7.42. The molecule has 3 N–H and O–H groups in total. The minimum absolute atomic E-state index is 0.108. The first-order valence-corrected chi connectivity index (χ1v) is 8.25. The van der Waals surface area contributed by atoms with Crippen LogP contribution in [-0.4, -0.2) is 27.7 Å². The molecule has 124 valence electrons. The van der Waals surface area contributed by atoms with E-state index >= 15 is 0 Å². The van der Waals surface area contributed by atoms with Gasteiger partial charge in [0, 0.05) is 5.41 Å². The lowest BCUT2D eigenvalue weighted by atomic mass is 9.96. The van der Waals surface area contributed by atoms with Crippen molar-refractivity contribution in [3.05, 3.63) is 40.6 Å². The van der Waals surface area contributed by atoms with Crippen molar-refractivity contribution in [2.24, 2.45) is 0 Å². The number of urea groups is 1. The second-order valence-electron chi connectivity index (χ2n) is 6.64. The number of nitrogens with one attached hydrogen (secondary N) is 2. The van der Waals surface area contributed by atoms with Crippen LogP contribution in [0.25, 0.3) is 0 Å². The van der Waals surface area contributed by atoms with Crippen LogP contribution in [0.2, 0.25) is 0 Å². The summed E-state index contributed by atoms with van der Waals surface area (Å²) in [5, 5.41) is 19.4. The molecule has 0 fully saturated rings. The van der Waals surface area contributed by atoms with E-state index < -0.39 is 11.6 Å². The van der Waals surface area contributed by atoms with Crippen molar-refractivity contribution in [2.45, 2.75) is 38.7 Å². The van der Waals surface area contributed by atoms with E-state index in [1.165, 1.54) is 11.3 Å². The van der Waals surface area contributed by atoms with Crippen LogP contribution >= 0.6 is 11.3 Å². The Morgan fingerprint density at radius 1 is 1.26 bits per heavy atom. The third-order valence-electron chi connectivity index (χ3n) is 3.32. The molecule has 0 spiro atoms. The summed E-state index contributed by atoms with van der Waals surface area (Å²) in [6.45, 7) is 7.84. The maximum absolute atomic E-state index is 11.9. The standard InChI is InChI=1S/C16H22N4O2S/c1-15(2,3)13-17-7-12(8-18-13)20-14(21)19-10-16(4,22)11-5-6-23-9-11/h5-9,22H,10H2,1-4H3,(H2,19,20,21). The quantitative estimate of drug-likeness (QED) is 0.802. The van der Waals surface area contributed by atoms with Gasteiger partial charge in [-0.25, -0.2) is 14.8 Å². The molecule has 0 aliphatic heterocycles. The Morgan fingerprint density at radius 2 is 1.91 bits per heavy atom. The third kappa shape index (κ3) is 4.74. The van der Waals surface area contributed by atoms with Crippen LogP contribution in [0.4, 0.5) is 10.5 Å². The van der Waals surface area contributed by atoms with Crippen molar-refractivity contribution in [3.8, 4) is 0 Å². The third-order valence-corrected chi connectivity index (χ3v) is 4.00. The summed E-state index contributed by atoms with van der Waals surface area (Å²) in [5.41, 5.74) is 0.0376. The van der Waals surface area contributed by atoms with E-state index in [9.17, 15) is 9.90 Å². The van der Waals surface area contributed by atoms with Gasteiger partial charge in [0.15, 0.2) is 0 Å². The predicted molar refractivity (Wildman–Crippen MR) is 91.6 cm³/mol. The van der Waals surface area contributed by atoms with E-state index in [0.29, 0.717) is 11.5 Å². The number of rotatable bonds is 4. The number of hydrogen-bond donors (Lipinski definition) is 3. The summed E-state index contributed by atoms with van der Waals surface area (Å²) in [5.74, 6) is 0.712. The molecule has 1 atom stereocenters. The number of aliphatic hydroxyl groups is 1. The molecule has 23 heavy (non-hydrogen) atoms. The normalized spacial score (nSPS) is 14.1. The van der Waals surface area contributed by atoms with Gasteiger partial charge in [0.1, 0.15) is 11.4 Å². The molecule has 2 aromatic heterocycles. The fraction of sp³-hybridized carbons (Fsp3) is 0.438. The van der Waals surface area contributed by atoms with Gasteiger partial charge in [0.05, 0.1) is 24.6 Å². The van der Waals surface area contributed by atoms with Crippen molar-refractivity contribution >= 4 is 23.1 Å². The van der Waals surface area contributed by atoms with Crippen molar-refractivity contribution in [2.75, 3.05) is 11.9 Å². The van der Waals surface area contributed by atoms with Crippen molar-refractivity contribution in [3.63, 3.8) is 0 Å². The number of aromatic nitrogens is 2. The Hall–Kier alpha value is -1.99. The Balaban J connectivity index is 1.90. The second kappa shape index (κ2) is 6.64. The van der Waals surface area contributed by atoms with Crippen LogP contribution in [0.1, 0.15) is 39.1 Å². The summed E-state index contributed by atoms with van der Waals surface area (Å²) in [6.07, 6.45) is 3.15. The van der Waals surface area contributed by atoms with E-state index in [-0.39, 0.29) is 12.0 Å². The number of nitrogens with zero attached hydrogens (tertiary/aromatic N) is 2. The van der Waals surface area contributed by atoms with E-state index in [4.69, 9.17) is 0 Å². The Morgan fingerprint density at radius 3 is 2.43 bits per heavy atom. The van der Waals surface area contributed by atoms with Gasteiger partial charge in [-0.05, 0) is 29.3 Å². The van der Waals surface area contributed by atoms with Gasteiger partial charge in [-0.15, -0.1) is 0 Å². The maximum Gasteiger partial charge on any atom is 0.319 e. The van der Waals surface area contributed by atoms with Gasteiger partial charge in [-0.3, -0.25) is 0 Å². The van der Waals surface area contributed by atoms with Crippen LogP contribution in [0.5, 0.6) is 0 Å². The number of carbonyl (C=O) groups excluding carboxylic acids is 1. The summed E-state index contributed by atoms with van der Waals surface area (Å²) in [6, 6.07) is 1.43. The first kappa shape index (κ1) is 17.4. The first-order chi connectivity index (χ1) is 10.7. The molecule has 2 rings (SSSR count). The van der Waals surface area contributed by atoms with Crippen molar-refractivity contribution in [1.29, 1.82) is 0 Å². The van der Waals surface area contributed by atoms with E-state index in [0.717, 1.165) is 5.56 Å². The fourth-order valence-electron chi connectivity index (χ4n) is 1.88. The minimum atomic E-state index is -1.11. The van der Waals surface area contributed by atoms with E-state index in [2.05, 4.69) is 20.6 Å². The van der Waals surface area contributed by atoms with Crippen molar-refractivity contribution < 1.29 is 9.90 Å². The molecule has 0 saturated carbocycles. The van der Waals surface area contributed by atoms with Gasteiger partial charge in [-0.2, -0.15) is 11.3 Å². The monoisotopic (exact) mass is 334 g/mol. The van der Waals surface area contributed by atoms with Crippen LogP contribution in [0, 0.1) is 0 Å². The number of amides is 2. The molecule has 0 aliphatic rings. The Labute approximate surface area is 140 Å². The number of carbonyl (C=O) groups is 1. The summed E-state index contributed by atoms with van der Waals surface area (Å²) < 4.78 is 0.